The molecule has 5 nitrogen and oxygen atoms in total. The number of hydrogen-bond acceptors (Lipinski definition) is 3. The third-order valence-corrected chi connectivity index (χ3v) is 4.53. The van der Waals surface area contributed by atoms with Gasteiger partial charge in [0, 0.05) is 17.6 Å². The molecule has 0 saturated carbocycles. The first-order valence-electron chi connectivity index (χ1n) is 7.93. The molecule has 1 saturated heterocycles. The molecule has 2 unspecified atom stereocenters. The summed E-state index contributed by atoms with van der Waals surface area (Å²) in [6, 6.07) is 9.95. The van der Waals surface area contributed by atoms with Crippen molar-refractivity contribution in [1.29, 1.82) is 0 Å². The highest BCUT2D eigenvalue weighted by Crippen LogP contribution is 2.34. The average molecular weight is 311 g/mol. The standard InChI is InChI=1S/C18H21N3O2/c1-11-3-8-16(21(10-11)18(23)17(19)22)14-7-6-13-5-4-12(2)20-15(13)9-14/h4-7,9,11,16H,3,8,10H2,1-2H3,(H2,19,22). The first-order chi connectivity index (χ1) is 11.0. The average Bonchev–Trinajstić information content (AvgIpc) is 2.53. The van der Waals surface area contributed by atoms with E-state index in [0.717, 1.165) is 35.0 Å². The number of piperidine rings is 1. The summed E-state index contributed by atoms with van der Waals surface area (Å²) in [7, 11) is 0. The fourth-order valence-corrected chi connectivity index (χ4v) is 3.31. The van der Waals surface area contributed by atoms with E-state index in [4.69, 9.17) is 5.73 Å². The van der Waals surface area contributed by atoms with Crippen LogP contribution < -0.4 is 5.73 Å². The summed E-state index contributed by atoms with van der Waals surface area (Å²) in [6.45, 7) is 4.60. The fraction of sp³-hybridized carbons (Fsp3) is 0.389. The number of nitrogens with two attached hydrogens (primary N) is 1. The van der Waals surface area contributed by atoms with Crippen LogP contribution in [0.3, 0.4) is 0 Å². The second kappa shape index (κ2) is 5.99. The summed E-state index contributed by atoms with van der Waals surface area (Å²) < 4.78 is 0. The SMILES string of the molecule is Cc1ccc2ccc(C3CCC(C)CN3C(=O)C(N)=O)cc2n1. The lowest BCUT2D eigenvalue weighted by Gasteiger charge is -2.38. The lowest BCUT2D eigenvalue weighted by molar-refractivity contribution is -0.147. The smallest absolute Gasteiger partial charge is 0.312 e. The van der Waals surface area contributed by atoms with Crippen LogP contribution in [-0.2, 0) is 9.59 Å². The van der Waals surface area contributed by atoms with Crippen LogP contribution in [0.2, 0.25) is 0 Å². The van der Waals surface area contributed by atoms with Crippen LogP contribution in [0.1, 0.15) is 37.1 Å². The second-order valence-corrected chi connectivity index (χ2v) is 6.42. The number of nitrogens with zero attached hydrogens (tertiary/aromatic N) is 2. The Morgan fingerprint density at radius 2 is 1.96 bits per heavy atom. The molecule has 2 aromatic rings. The van der Waals surface area contributed by atoms with Crippen LogP contribution in [0, 0.1) is 12.8 Å². The van der Waals surface area contributed by atoms with Crippen LogP contribution in [0.5, 0.6) is 0 Å². The van der Waals surface area contributed by atoms with Crippen molar-refractivity contribution in [2.75, 3.05) is 6.54 Å². The Balaban J connectivity index is 2.00. The van der Waals surface area contributed by atoms with Crippen molar-refractivity contribution in [3.63, 3.8) is 0 Å². The number of fused-ring (bicyclic) bond motifs is 1. The summed E-state index contributed by atoms with van der Waals surface area (Å²) in [4.78, 5) is 29.7. The number of carbonyl (C=O) groups is 2. The highest BCUT2D eigenvalue weighted by molar-refractivity contribution is 6.34. The number of aromatic nitrogens is 1. The van der Waals surface area contributed by atoms with Gasteiger partial charge in [-0.1, -0.05) is 25.1 Å². The van der Waals surface area contributed by atoms with Crippen molar-refractivity contribution < 1.29 is 9.59 Å². The van der Waals surface area contributed by atoms with E-state index in [9.17, 15) is 9.59 Å². The third kappa shape index (κ3) is 3.04. The molecule has 1 aromatic carbocycles. The van der Waals surface area contributed by atoms with E-state index < -0.39 is 11.8 Å². The number of hydrogen-bond donors (Lipinski definition) is 1. The van der Waals surface area contributed by atoms with E-state index in [1.54, 1.807) is 4.90 Å². The van der Waals surface area contributed by atoms with E-state index in [1.807, 2.05) is 37.3 Å². The Hall–Kier alpha value is -2.43. The van der Waals surface area contributed by atoms with Gasteiger partial charge in [0.25, 0.3) is 0 Å². The molecule has 0 aliphatic carbocycles. The molecule has 2 N–H and O–H groups in total. The molecule has 1 aliphatic heterocycles. The van der Waals surface area contributed by atoms with Gasteiger partial charge < -0.3 is 10.6 Å². The summed E-state index contributed by atoms with van der Waals surface area (Å²) in [5.41, 5.74) is 8.10. The Morgan fingerprint density at radius 1 is 1.22 bits per heavy atom. The van der Waals surface area contributed by atoms with Gasteiger partial charge in [0.05, 0.1) is 11.6 Å². The number of likely N-dealkylation sites (tertiary alicyclic amines) is 1. The summed E-state index contributed by atoms with van der Waals surface area (Å²) in [5, 5.41) is 1.07. The highest BCUT2D eigenvalue weighted by atomic mass is 16.2. The molecule has 23 heavy (non-hydrogen) atoms. The van der Waals surface area contributed by atoms with Crippen LogP contribution >= 0.6 is 0 Å². The van der Waals surface area contributed by atoms with Crippen molar-refractivity contribution >= 4 is 22.7 Å². The van der Waals surface area contributed by atoms with E-state index in [0.29, 0.717) is 12.5 Å². The number of rotatable bonds is 1. The van der Waals surface area contributed by atoms with Gasteiger partial charge in [-0.15, -0.1) is 0 Å². The zero-order valence-electron chi connectivity index (χ0n) is 13.5. The van der Waals surface area contributed by atoms with Crippen LogP contribution in [0.15, 0.2) is 30.3 Å². The molecule has 120 valence electrons. The van der Waals surface area contributed by atoms with Crippen molar-refractivity contribution in [1.82, 2.24) is 9.88 Å². The minimum Gasteiger partial charge on any atom is -0.361 e. The molecule has 5 heteroatoms. The first kappa shape index (κ1) is 15.5. The summed E-state index contributed by atoms with van der Waals surface area (Å²) in [5.74, 6) is -1.12. The molecule has 1 aromatic heterocycles. The Labute approximate surface area is 135 Å². The van der Waals surface area contributed by atoms with Gasteiger partial charge in [-0.25, -0.2) is 0 Å². The molecule has 2 amide bonds. The number of primary amides is 1. The lowest BCUT2D eigenvalue weighted by Crippen LogP contribution is -2.46. The second-order valence-electron chi connectivity index (χ2n) is 6.42. The number of amides is 2. The quantitative estimate of drug-likeness (QED) is 0.821. The van der Waals surface area contributed by atoms with Gasteiger partial charge in [0.15, 0.2) is 0 Å². The molecule has 0 spiro atoms. The predicted molar refractivity (Wildman–Crippen MR) is 88.5 cm³/mol. The molecule has 0 bridgehead atoms. The molecule has 2 heterocycles. The van der Waals surface area contributed by atoms with Crippen LogP contribution in [0.25, 0.3) is 10.9 Å². The molecular formula is C18H21N3O2. The number of benzene rings is 1. The highest BCUT2D eigenvalue weighted by Gasteiger charge is 2.33. The largest absolute Gasteiger partial charge is 0.361 e. The van der Waals surface area contributed by atoms with Gasteiger partial charge >= 0.3 is 11.8 Å². The minimum atomic E-state index is -0.890. The minimum absolute atomic E-state index is 0.113. The van der Waals surface area contributed by atoms with Crippen LogP contribution in [-0.4, -0.2) is 28.2 Å². The molecule has 1 fully saturated rings. The van der Waals surface area contributed by atoms with Crippen molar-refractivity contribution in [3.8, 4) is 0 Å². The first-order valence-corrected chi connectivity index (χ1v) is 7.93. The maximum Gasteiger partial charge on any atom is 0.312 e. The third-order valence-electron chi connectivity index (χ3n) is 4.53. The number of aryl methyl sites for hydroxylation is 1. The lowest BCUT2D eigenvalue weighted by atomic mass is 9.89. The molecular weight excluding hydrogens is 290 g/mol. The topological polar surface area (TPSA) is 76.3 Å². The summed E-state index contributed by atoms with van der Waals surface area (Å²) >= 11 is 0. The zero-order valence-corrected chi connectivity index (χ0v) is 13.5. The van der Waals surface area contributed by atoms with Crippen LogP contribution in [0.4, 0.5) is 0 Å². The van der Waals surface area contributed by atoms with E-state index in [1.165, 1.54) is 0 Å². The maximum absolute atomic E-state index is 12.2. The molecule has 0 radical (unpaired) electrons. The Kier molecular flexibility index (Phi) is 4.03. The maximum atomic E-state index is 12.2. The van der Waals surface area contributed by atoms with E-state index in [-0.39, 0.29) is 6.04 Å². The molecule has 1 aliphatic rings. The van der Waals surface area contributed by atoms with Gasteiger partial charge in [-0.3, -0.25) is 14.6 Å². The van der Waals surface area contributed by atoms with E-state index >= 15 is 0 Å². The van der Waals surface area contributed by atoms with Crippen molar-refractivity contribution in [2.45, 2.75) is 32.7 Å². The monoisotopic (exact) mass is 311 g/mol. The van der Waals surface area contributed by atoms with E-state index in [2.05, 4.69) is 11.9 Å². The van der Waals surface area contributed by atoms with Gasteiger partial charge in [0.2, 0.25) is 0 Å². The summed E-state index contributed by atoms with van der Waals surface area (Å²) in [6.07, 6.45) is 1.85. The number of pyridine rings is 1. The number of carbonyl (C=O) groups excluding carboxylic acids is 2. The van der Waals surface area contributed by atoms with Gasteiger partial charge in [-0.2, -0.15) is 0 Å². The van der Waals surface area contributed by atoms with Crippen molar-refractivity contribution in [2.24, 2.45) is 11.7 Å². The Bertz CT molecular complexity index is 772. The zero-order chi connectivity index (χ0) is 16.6. The predicted octanol–water partition coefficient (Wildman–Crippen LogP) is 2.33. The normalized spacial score (nSPS) is 21.4. The van der Waals surface area contributed by atoms with Gasteiger partial charge in [0.1, 0.15) is 0 Å². The van der Waals surface area contributed by atoms with Gasteiger partial charge in [-0.05, 0) is 43.4 Å². The Morgan fingerprint density at radius 3 is 2.70 bits per heavy atom. The fourth-order valence-electron chi connectivity index (χ4n) is 3.31. The molecule has 2 atom stereocenters. The molecule has 3 rings (SSSR count). The van der Waals surface area contributed by atoms with Crippen molar-refractivity contribution in [3.05, 3.63) is 41.6 Å².